The lowest BCUT2D eigenvalue weighted by Gasteiger charge is -2.32. The van der Waals surface area contributed by atoms with Crippen LogP contribution in [0.4, 0.5) is 15.0 Å². The Morgan fingerprint density at radius 3 is 3.12 bits per heavy atom. The molecule has 2 aromatic rings. The SMILES string of the molecule is CC1C=C(F)C2=C(C1)NC(=O)N(c1csc(-c3cccnc3)n1)C2. The summed E-state index contributed by atoms with van der Waals surface area (Å²) in [5.41, 5.74) is 2.12. The monoisotopic (exact) mass is 342 g/mol. The molecule has 2 amide bonds. The van der Waals surface area contributed by atoms with Gasteiger partial charge in [-0.05, 0) is 30.5 Å². The number of carbonyl (C=O) groups is 1. The molecule has 2 aliphatic rings. The second-order valence-corrected chi connectivity index (χ2v) is 6.78. The molecule has 0 saturated carbocycles. The minimum atomic E-state index is -0.265. The maximum absolute atomic E-state index is 14.3. The molecule has 1 unspecified atom stereocenters. The fourth-order valence-electron chi connectivity index (χ4n) is 2.92. The van der Waals surface area contributed by atoms with Gasteiger partial charge >= 0.3 is 6.03 Å². The highest BCUT2D eigenvalue weighted by Gasteiger charge is 2.32. The molecule has 0 radical (unpaired) electrons. The summed E-state index contributed by atoms with van der Waals surface area (Å²) in [6, 6.07) is 3.49. The van der Waals surface area contributed by atoms with E-state index in [4.69, 9.17) is 0 Å². The van der Waals surface area contributed by atoms with E-state index in [-0.39, 0.29) is 24.3 Å². The van der Waals surface area contributed by atoms with Gasteiger partial charge in [0.25, 0.3) is 0 Å². The Hall–Kier alpha value is -2.54. The topological polar surface area (TPSA) is 58.1 Å². The number of halogens is 1. The van der Waals surface area contributed by atoms with E-state index in [1.54, 1.807) is 23.8 Å². The van der Waals surface area contributed by atoms with E-state index in [1.165, 1.54) is 16.2 Å². The van der Waals surface area contributed by atoms with E-state index in [1.807, 2.05) is 19.1 Å². The predicted octanol–water partition coefficient (Wildman–Crippen LogP) is 3.88. The summed E-state index contributed by atoms with van der Waals surface area (Å²) < 4.78 is 14.3. The molecule has 5 nitrogen and oxygen atoms in total. The molecule has 1 aliphatic heterocycles. The van der Waals surface area contributed by atoms with Crippen molar-refractivity contribution in [1.29, 1.82) is 0 Å². The Morgan fingerprint density at radius 2 is 2.33 bits per heavy atom. The predicted molar refractivity (Wildman–Crippen MR) is 91.2 cm³/mol. The van der Waals surface area contributed by atoms with E-state index >= 15 is 0 Å². The molecule has 1 atom stereocenters. The third-order valence-corrected chi connectivity index (χ3v) is 4.98. The number of urea groups is 1. The lowest BCUT2D eigenvalue weighted by atomic mass is 9.93. The van der Waals surface area contributed by atoms with E-state index in [0.29, 0.717) is 23.5 Å². The summed E-state index contributed by atoms with van der Waals surface area (Å²) in [7, 11) is 0. The third-order valence-electron chi connectivity index (χ3n) is 4.11. The van der Waals surface area contributed by atoms with Crippen molar-refractivity contribution < 1.29 is 9.18 Å². The number of thiazole rings is 1. The average molecular weight is 342 g/mol. The van der Waals surface area contributed by atoms with Gasteiger partial charge in [-0.1, -0.05) is 6.92 Å². The Balaban J connectivity index is 1.63. The zero-order chi connectivity index (χ0) is 16.7. The minimum Gasteiger partial charge on any atom is -0.311 e. The molecule has 0 aromatic carbocycles. The molecule has 1 N–H and O–H groups in total. The van der Waals surface area contributed by atoms with Crippen molar-refractivity contribution in [3.05, 3.63) is 53.1 Å². The summed E-state index contributed by atoms with van der Waals surface area (Å²) in [5, 5.41) is 5.40. The smallest absolute Gasteiger partial charge is 0.311 e. The average Bonchev–Trinajstić information content (AvgIpc) is 3.04. The van der Waals surface area contributed by atoms with Crippen molar-refractivity contribution in [1.82, 2.24) is 15.3 Å². The molecule has 0 fully saturated rings. The number of rotatable bonds is 2. The molecule has 0 saturated heterocycles. The van der Waals surface area contributed by atoms with Crippen LogP contribution in [0.15, 0.2) is 53.1 Å². The molecule has 0 spiro atoms. The summed E-state index contributed by atoms with van der Waals surface area (Å²) >= 11 is 1.43. The van der Waals surface area contributed by atoms with Crippen molar-refractivity contribution in [2.75, 3.05) is 11.4 Å². The molecule has 4 rings (SSSR count). The highest BCUT2D eigenvalue weighted by molar-refractivity contribution is 7.13. The lowest BCUT2D eigenvalue weighted by Crippen LogP contribution is -2.47. The van der Waals surface area contributed by atoms with Gasteiger partial charge in [0.1, 0.15) is 16.7 Å². The van der Waals surface area contributed by atoms with Crippen molar-refractivity contribution in [2.45, 2.75) is 13.3 Å². The van der Waals surface area contributed by atoms with Crippen LogP contribution < -0.4 is 10.2 Å². The summed E-state index contributed by atoms with van der Waals surface area (Å²) in [5.74, 6) is 0.359. The van der Waals surface area contributed by atoms with Gasteiger partial charge < -0.3 is 5.32 Å². The first-order valence-electron chi connectivity index (χ1n) is 7.66. The Kier molecular flexibility index (Phi) is 3.65. The van der Waals surface area contributed by atoms with Crippen LogP contribution in [0, 0.1) is 5.92 Å². The van der Waals surface area contributed by atoms with Gasteiger partial charge in [0, 0.05) is 34.6 Å². The van der Waals surface area contributed by atoms with Crippen molar-refractivity contribution in [2.24, 2.45) is 5.92 Å². The van der Waals surface area contributed by atoms with E-state index in [2.05, 4.69) is 15.3 Å². The number of allylic oxidation sites excluding steroid dienone is 2. The van der Waals surface area contributed by atoms with Crippen LogP contribution in [0.1, 0.15) is 13.3 Å². The van der Waals surface area contributed by atoms with Crippen molar-refractivity contribution >= 4 is 23.2 Å². The Labute approximate surface area is 142 Å². The molecule has 0 bridgehead atoms. The number of pyridine rings is 1. The standard InChI is InChI=1S/C17H15FN4OS/c1-10-5-13(18)12-8-22(17(23)20-14(12)6-10)15-9-24-16(21-15)11-3-2-4-19-7-11/h2-5,7,9-10H,6,8H2,1H3,(H,20,23). The largest absolute Gasteiger partial charge is 0.327 e. The highest BCUT2D eigenvalue weighted by Crippen LogP contribution is 2.34. The lowest BCUT2D eigenvalue weighted by molar-refractivity contribution is 0.246. The number of carbonyl (C=O) groups excluding carboxylic acids is 1. The van der Waals surface area contributed by atoms with Gasteiger partial charge in [-0.3, -0.25) is 9.88 Å². The zero-order valence-electron chi connectivity index (χ0n) is 13.0. The van der Waals surface area contributed by atoms with E-state index in [0.717, 1.165) is 10.6 Å². The molecule has 2 aromatic heterocycles. The van der Waals surface area contributed by atoms with Gasteiger partial charge in [-0.2, -0.15) is 0 Å². The summed E-state index contributed by atoms with van der Waals surface area (Å²) in [6.07, 6.45) is 5.69. The van der Waals surface area contributed by atoms with Crippen LogP contribution in [0.25, 0.3) is 10.6 Å². The summed E-state index contributed by atoms with van der Waals surface area (Å²) in [4.78, 5) is 22.5. The fourth-order valence-corrected chi connectivity index (χ4v) is 3.72. The second-order valence-electron chi connectivity index (χ2n) is 5.92. The number of aromatic nitrogens is 2. The van der Waals surface area contributed by atoms with Gasteiger partial charge in [-0.25, -0.2) is 14.2 Å². The van der Waals surface area contributed by atoms with E-state index in [9.17, 15) is 9.18 Å². The number of hydrogen-bond donors (Lipinski definition) is 1. The number of anilines is 1. The number of nitrogens with zero attached hydrogens (tertiary/aromatic N) is 3. The fraction of sp³-hybridized carbons (Fsp3) is 0.235. The van der Waals surface area contributed by atoms with Gasteiger partial charge in [0.15, 0.2) is 0 Å². The number of hydrogen-bond acceptors (Lipinski definition) is 4. The molecular formula is C17H15FN4OS. The Bertz CT molecular complexity index is 858. The first kappa shape index (κ1) is 15.0. The molecular weight excluding hydrogens is 327 g/mol. The molecule has 122 valence electrons. The summed E-state index contributed by atoms with van der Waals surface area (Å²) in [6.45, 7) is 2.13. The van der Waals surface area contributed by atoms with Crippen molar-refractivity contribution in [3.63, 3.8) is 0 Å². The first-order valence-corrected chi connectivity index (χ1v) is 8.54. The maximum atomic E-state index is 14.3. The van der Waals surface area contributed by atoms with Crippen LogP contribution in [0.3, 0.4) is 0 Å². The minimum absolute atomic E-state index is 0.0899. The zero-order valence-corrected chi connectivity index (χ0v) is 13.8. The van der Waals surface area contributed by atoms with Crippen LogP contribution >= 0.6 is 11.3 Å². The molecule has 24 heavy (non-hydrogen) atoms. The first-order chi connectivity index (χ1) is 11.6. The van der Waals surface area contributed by atoms with Gasteiger partial charge in [0.2, 0.25) is 0 Å². The highest BCUT2D eigenvalue weighted by atomic mass is 32.1. The van der Waals surface area contributed by atoms with Crippen LogP contribution in [-0.4, -0.2) is 22.5 Å². The molecule has 7 heteroatoms. The van der Waals surface area contributed by atoms with Gasteiger partial charge in [-0.15, -0.1) is 11.3 Å². The quantitative estimate of drug-likeness (QED) is 0.901. The molecule has 3 heterocycles. The van der Waals surface area contributed by atoms with Crippen LogP contribution in [-0.2, 0) is 0 Å². The normalized spacial score (nSPS) is 20.6. The van der Waals surface area contributed by atoms with Crippen LogP contribution in [0.2, 0.25) is 0 Å². The molecule has 1 aliphatic carbocycles. The maximum Gasteiger partial charge on any atom is 0.327 e. The van der Waals surface area contributed by atoms with Crippen LogP contribution in [0.5, 0.6) is 0 Å². The second kappa shape index (κ2) is 5.83. The van der Waals surface area contributed by atoms with Crippen molar-refractivity contribution in [3.8, 4) is 10.6 Å². The Morgan fingerprint density at radius 1 is 1.46 bits per heavy atom. The van der Waals surface area contributed by atoms with E-state index < -0.39 is 0 Å². The third kappa shape index (κ3) is 2.60. The number of nitrogens with one attached hydrogen (secondary N) is 1. The number of amides is 2. The van der Waals surface area contributed by atoms with Gasteiger partial charge in [0.05, 0.1) is 6.54 Å².